The first kappa shape index (κ1) is 7.08. The molecular formula is C6H5O3S. The lowest BCUT2D eigenvalue weighted by molar-refractivity contribution is 0.473. The molecule has 0 amide bonds. The highest BCUT2D eigenvalue weighted by atomic mass is 32.2. The van der Waals surface area contributed by atoms with Crippen molar-refractivity contribution in [2.75, 3.05) is 0 Å². The minimum absolute atomic E-state index is 0.0550. The van der Waals surface area contributed by atoms with Gasteiger partial charge < -0.3 is 5.11 Å². The van der Waals surface area contributed by atoms with Crippen molar-refractivity contribution in [2.24, 2.45) is 0 Å². The molecule has 1 aromatic carbocycles. The van der Waals surface area contributed by atoms with Gasteiger partial charge in [-0.2, -0.15) is 0 Å². The Morgan fingerprint density at radius 1 is 1.40 bits per heavy atom. The molecule has 1 aromatic rings. The van der Waals surface area contributed by atoms with Gasteiger partial charge in [-0.05, 0) is 18.2 Å². The van der Waals surface area contributed by atoms with E-state index in [0.29, 0.717) is 0 Å². The minimum Gasteiger partial charge on any atom is -0.507 e. The molecule has 0 spiro atoms. The second kappa shape index (κ2) is 2.70. The van der Waals surface area contributed by atoms with Crippen LogP contribution in [0.5, 0.6) is 5.75 Å². The summed E-state index contributed by atoms with van der Waals surface area (Å²) in [6.45, 7) is 0. The fourth-order valence-electron chi connectivity index (χ4n) is 0.522. The van der Waals surface area contributed by atoms with Crippen molar-refractivity contribution in [3.63, 3.8) is 0 Å². The molecule has 0 bridgehead atoms. The van der Waals surface area contributed by atoms with Gasteiger partial charge in [0.15, 0.2) is 10.7 Å². The quantitative estimate of drug-likeness (QED) is 0.571. The highest BCUT2D eigenvalue weighted by Crippen LogP contribution is 2.08. The molecule has 0 aliphatic carbocycles. The molecule has 4 heteroatoms. The Balaban J connectivity index is 3.12. The maximum atomic E-state index is 10.2. The van der Waals surface area contributed by atoms with Crippen LogP contribution in [0, 0.1) is 6.07 Å². The molecule has 1 rings (SSSR count). The highest BCUT2D eigenvalue weighted by molar-refractivity contribution is 7.72. The standard InChI is InChI=1S/C6H5O3S/c7-5-1-3-6(4-2-5)10(8)9/h1,3-4,7,10H. The molecule has 0 aliphatic rings. The summed E-state index contributed by atoms with van der Waals surface area (Å²) in [5.41, 5.74) is 0. The first-order valence-corrected chi connectivity index (χ1v) is 3.73. The average Bonchev–Trinajstić information content (AvgIpc) is 1.88. The molecular weight excluding hydrogens is 152 g/mol. The lowest BCUT2D eigenvalue weighted by Gasteiger charge is -1.88. The lowest BCUT2D eigenvalue weighted by Crippen LogP contribution is -1.77. The molecule has 0 heterocycles. The van der Waals surface area contributed by atoms with Gasteiger partial charge in [0.05, 0.1) is 4.90 Å². The lowest BCUT2D eigenvalue weighted by atomic mass is 10.3. The normalized spacial score (nSPS) is 10.1. The number of hydrogen-bond acceptors (Lipinski definition) is 3. The summed E-state index contributed by atoms with van der Waals surface area (Å²) >= 11 is 0. The van der Waals surface area contributed by atoms with E-state index >= 15 is 0 Å². The number of phenols is 1. The molecule has 10 heavy (non-hydrogen) atoms. The largest absolute Gasteiger partial charge is 0.507 e. The fourth-order valence-corrected chi connectivity index (χ4v) is 0.888. The maximum absolute atomic E-state index is 10.2. The van der Waals surface area contributed by atoms with E-state index in [4.69, 9.17) is 5.11 Å². The van der Waals surface area contributed by atoms with Crippen LogP contribution in [0.4, 0.5) is 0 Å². The van der Waals surface area contributed by atoms with Gasteiger partial charge in [0.2, 0.25) is 0 Å². The number of aromatic hydroxyl groups is 1. The van der Waals surface area contributed by atoms with Crippen molar-refractivity contribution >= 4 is 10.7 Å². The van der Waals surface area contributed by atoms with Crippen LogP contribution in [-0.4, -0.2) is 13.5 Å². The zero-order valence-corrected chi connectivity index (χ0v) is 5.84. The van der Waals surface area contributed by atoms with Gasteiger partial charge in [-0.25, -0.2) is 8.42 Å². The number of thiol groups is 1. The Labute approximate surface area is 59.9 Å². The van der Waals surface area contributed by atoms with Gasteiger partial charge in [-0.15, -0.1) is 0 Å². The van der Waals surface area contributed by atoms with E-state index in [0.717, 1.165) is 0 Å². The van der Waals surface area contributed by atoms with Gasteiger partial charge in [-0.1, -0.05) is 0 Å². The maximum Gasteiger partial charge on any atom is 0.168 e. The van der Waals surface area contributed by atoms with E-state index < -0.39 is 10.7 Å². The van der Waals surface area contributed by atoms with E-state index in [1.54, 1.807) is 0 Å². The Hall–Kier alpha value is -1.03. The van der Waals surface area contributed by atoms with Crippen LogP contribution in [0.25, 0.3) is 0 Å². The second-order valence-corrected chi connectivity index (χ2v) is 2.72. The van der Waals surface area contributed by atoms with Crippen molar-refractivity contribution in [1.82, 2.24) is 0 Å². The number of hydrogen-bond donors (Lipinski definition) is 2. The predicted molar refractivity (Wildman–Crippen MR) is 35.5 cm³/mol. The molecule has 0 aromatic heterocycles. The SMILES string of the molecule is O=[SH](=O)c1c[c]c(O)cc1. The predicted octanol–water partition coefficient (Wildman–Crippen LogP) is 0.163. The monoisotopic (exact) mass is 157 g/mol. The third-order valence-corrected chi connectivity index (χ3v) is 1.69. The molecule has 0 aliphatic heterocycles. The van der Waals surface area contributed by atoms with Crippen LogP contribution in [0.1, 0.15) is 0 Å². The van der Waals surface area contributed by atoms with Crippen molar-refractivity contribution < 1.29 is 13.5 Å². The van der Waals surface area contributed by atoms with Crippen LogP contribution in [0.3, 0.4) is 0 Å². The van der Waals surface area contributed by atoms with E-state index in [-0.39, 0.29) is 10.6 Å². The second-order valence-electron chi connectivity index (χ2n) is 1.69. The summed E-state index contributed by atoms with van der Waals surface area (Å²) < 4.78 is 20.5. The van der Waals surface area contributed by atoms with Crippen molar-refractivity contribution in [3.05, 3.63) is 24.3 Å². The van der Waals surface area contributed by atoms with Crippen LogP contribution in [0.2, 0.25) is 0 Å². The molecule has 1 N–H and O–H groups in total. The average molecular weight is 157 g/mol. The van der Waals surface area contributed by atoms with E-state index in [1.165, 1.54) is 18.2 Å². The number of phenolic OH excluding ortho intramolecular Hbond substituents is 1. The van der Waals surface area contributed by atoms with Crippen LogP contribution < -0.4 is 0 Å². The van der Waals surface area contributed by atoms with Crippen LogP contribution in [0.15, 0.2) is 23.1 Å². The molecule has 0 fully saturated rings. The molecule has 0 atom stereocenters. The van der Waals surface area contributed by atoms with E-state index in [1.807, 2.05) is 0 Å². The van der Waals surface area contributed by atoms with Crippen molar-refractivity contribution in [3.8, 4) is 5.75 Å². The third-order valence-electron chi connectivity index (χ3n) is 0.991. The molecule has 3 nitrogen and oxygen atoms in total. The van der Waals surface area contributed by atoms with Gasteiger partial charge in [0, 0.05) is 6.07 Å². The topological polar surface area (TPSA) is 54.4 Å². The Bertz CT molecular complexity index is 278. The van der Waals surface area contributed by atoms with E-state index in [9.17, 15) is 8.42 Å². The van der Waals surface area contributed by atoms with Gasteiger partial charge in [0.25, 0.3) is 0 Å². The smallest absolute Gasteiger partial charge is 0.168 e. The molecule has 0 saturated carbocycles. The van der Waals surface area contributed by atoms with Gasteiger partial charge >= 0.3 is 0 Å². The highest BCUT2D eigenvalue weighted by Gasteiger charge is 1.92. The number of rotatable bonds is 1. The minimum atomic E-state index is -2.55. The zero-order valence-electron chi connectivity index (χ0n) is 4.94. The zero-order chi connectivity index (χ0) is 7.56. The third kappa shape index (κ3) is 1.48. The Kier molecular flexibility index (Phi) is 1.91. The first-order valence-electron chi connectivity index (χ1n) is 2.55. The fraction of sp³-hybridized carbons (Fsp3) is 0. The van der Waals surface area contributed by atoms with Gasteiger partial charge in [-0.3, -0.25) is 0 Å². The first-order chi connectivity index (χ1) is 4.70. The van der Waals surface area contributed by atoms with Crippen molar-refractivity contribution in [1.29, 1.82) is 0 Å². The summed E-state index contributed by atoms with van der Waals surface area (Å²) in [7, 11) is -2.55. The van der Waals surface area contributed by atoms with Crippen LogP contribution in [-0.2, 0) is 10.7 Å². The Morgan fingerprint density at radius 3 is 2.50 bits per heavy atom. The van der Waals surface area contributed by atoms with Gasteiger partial charge in [0.1, 0.15) is 5.75 Å². The molecule has 1 radical (unpaired) electrons. The molecule has 53 valence electrons. The summed E-state index contributed by atoms with van der Waals surface area (Å²) in [5.74, 6) is -0.0550. The number of benzene rings is 1. The van der Waals surface area contributed by atoms with E-state index in [2.05, 4.69) is 6.07 Å². The van der Waals surface area contributed by atoms with Crippen LogP contribution >= 0.6 is 0 Å². The summed E-state index contributed by atoms with van der Waals surface area (Å²) in [6.07, 6.45) is 0. The molecule has 0 saturated heterocycles. The summed E-state index contributed by atoms with van der Waals surface area (Å²) in [4.78, 5) is 0.160. The van der Waals surface area contributed by atoms with Crippen molar-refractivity contribution in [2.45, 2.75) is 4.90 Å². The summed E-state index contributed by atoms with van der Waals surface area (Å²) in [5, 5.41) is 8.69. The Morgan fingerprint density at radius 2 is 2.10 bits per heavy atom. The summed E-state index contributed by atoms with van der Waals surface area (Å²) in [6, 6.07) is 6.17. The molecule has 0 unspecified atom stereocenters.